The van der Waals surface area contributed by atoms with Crippen LogP contribution in [-0.4, -0.2) is 34.7 Å². The summed E-state index contributed by atoms with van der Waals surface area (Å²) >= 11 is 12.2. The Labute approximate surface area is 161 Å². The van der Waals surface area contributed by atoms with Gasteiger partial charge in [0.15, 0.2) is 5.78 Å². The maximum absolute atomic E-state index is 13.5. The number of halogens is 2. The number of hydrogen-bond donors (Lipinski definition) is 1. The standard InChI is InChI=1S/C20H18Cl2N2O2/c21-14-6-13(7-15(22)8-14)17-18(25)20(9-12-4-2-1-3-5-12)10-16(23)11-24(20)19(17)26/h1-8,16-17H,9-11,23H2. The smallest absolute Gasteiger partial charge is 0.238 e. The minimum Gasteiger partial charge on any atom is -0.327 e. The Bertz CT molecular complexity index is 866. The van der Waals surface area contributed by atoms with Crippen LogP contribution in [0.5, 0.6) is 0 Å². The number of hydrogen-bond acceptors (Lipinski definition) is 3. The number of nitrogens with two attached hydrogens (primary N) is 1. The molecule has 0 aliphatic carbocycles. The van der Waals surface area contributed by atoms with E-state index < -0.39 is 11.5 Å². The molecule has 0 saturated carbocycles. The first-order valence-electron chi connectivity index (χ1n) is 8.52. The summed E-state index contributed by atoms with van der Waals surface area (Å²) in [5, 5.41) is 0.822. The Morgan fingerprint density at radius 2 is 1.73 bits per heavy atom. The molecule has 2 aliphatic heterocycles. The predicted molar refractivity (Wildman–Crippen MR) is 101 cm³/mol. The van der Waals surface area contributed by atoms with Crippen molar-refractivity contribution in [2.45, 2.75) is 30.3 Å². The van der Waals surface area contributed by atoms with E-state index in [1.54, 1.807) is 23.1 Å². The van der Waals surface area contributed by atoms with Crippen molar-refractivity contribution in [2.75, 3.05) is 6.54 Å². The Morgan fingerprint density at radius 1 is 1.08 bits per heavy atom. The average molecular weight is 389 g/mol. The summed E-state index contributed by atoms with van der Waals surface area (Å²) in [6.45, 7) is 0.391. The molecule has 2 saturated heterocycles. The SMILES string of the molecule is NC1CN2C(=O)C(c3cc(Cl)cc(Cl)c3)C(=O)C2(Cc2ccccc2)C1. The molecule has 4 rings (SSSR count). The highest BCUT2D eigenvalue weighted by atomic mass is 35.5. The first-order valence-corrected chi connectivity index (χ1v) is 9.27. The lowest BCUT2D eigenvalue weighted by molar-refractivity contribution is -0.130. The Balaban J connectivity index is 1.77. The highest BCUT2D eigenvalue weighted by Gasteiger charge is 2.62. The zero-order valence-electron chi connectivity index (χ0n) is 14.0. The van der Waals surface area contributed by atoms with Crippen molar-refractivity contribution in [2.24, 2.45) is 5.73 Å². The number of fused-ring (bicyclic) bond motifs is 1. The van der Waals surface area contributed by atoms with Crippen LogP contribution in [0.1, 0.15) is 23.5 Å². The van der Waals surface area contributed by atoms with Crippen molar-refractivity contribution in [1.82, 2.24) is 4.90 Å². The Kier molecular flexibility index (Phi) is 4.30. The summed E-state index contributed by atoms with van der Waals surface area (Å²) in [4.78, 5) is 28.3. The van der Waals surface area contributed by atoms with E-state index in [1.165, 1.54) is 0 Å². The van der Waals surface area contributed by atoms with E-state index in [2.05, 4.69) is 0 Å². The van der Waals surface area contributed by atoms with E-state index in [1.807, 2.05) is 30.3 Å². The maximum Gasteiger partial charge on any atom is 0.238 e. The number of ketones is 1. The Morgan fingerprint density at radius 3 is 2.38 bits per heavy atom. The van der Waals surface area contributed by atoms with E-state index in [4.69, 9.17) is 28.9 Å². The van der Waals surface area contributed by atoms with Crippen LogP contribution in [0.25, 0.3) is 0 Å². The summed E-state index contributed by atoms with van der Waals surface area (Å²) in [6, 6.07) is 14.4. The van der Waals surface area contributed by atoms with Gasteiger partial charge in [0, 0.05) is 29.1 Å². The predicted octanol–water partition coefficient (Wildman–Crippen LogP) is 3.20. The van der Waals surface area contributed by atoms with Crippen LogP contribution in [0.4, 0.5) is 0 Å². The van der Waals surface area contributed by atoms with E-state index in [0.29, 0.717) is 35.0 Å². The lowest BCUT2D eigenvalue weighted by atomic mass is 9.80. The quantitative estimate of drug-likeness (QED) is 0.821. The van der Waals surface area contributed by atoms with Gasteiger partial charge >= 0.3 is 0 Å². The average Bonchev–Trinajstić information content (AvgIpc) is 3.00. The molecule has 0 spiro atoms. The minimum absolute atomic E-state index is 0.113. The van der Waals surface area contributed by atoms with Crippen LogP contribution < -0.4 is 5.73 Å². The fourth-order valence-corrected chi connectivity index (χ4v) is 4.86. The molecule has 3 atom stereocenters. The van der Waals surface area contributed by atoms with Gasteiger partial charge in [-0.1, -0.05) is 53.5 Å². The molecule has 6 heteroatoms. The van der Waals surface area contributed by atoms with Gasteiger partial charge in [0.2, 0.25) is 5.91 Å². The zero-order chi connectivity index (χ0) is 18.5. The van der Waals surface area contributed by atoms with Crippen LogP contribution in [0.15, 0.2) is 48.5 Å². The summed E-state index contributed by atoms with van der Waals surface area (Å²) in [7, 11) is 0. The van der Waals surface area contributed by atoms with Crippen molar-refractivity contribution >= 4 is 34.9 Å². The van der Waals surface area contributed by atoms with Gasteiger partial charge in [-0.05, 0) is 35.7 Å². The molecular weight excluding hydrogens is 371 g/mol. The third kappa shape index (κ3) is 2.73. The van der Waals surface area contributed by atoms with Crippen LogP contribution >= 0.6 is 23.2 Å². The molecule has 2 aliphatic rings. The first-order chi connectivity index (χ1) is 12.4. The number of nitrogens with zero attached hydrogens (tertiary/aromatic N) is 1. The van der Waals surface area contributed by atoms with Gasteiger partial charge in [-0.15, -0.1) is 0 Å². The molecule has 134 valence electrons. The van der Waals surface area contributed by atoms with Gasteiger partial charge in [0.1, 0.15) is 11.5 Å². The van der Waals surface area contributed by atoms with Gasteiger partial charge < -0.3 is 10.6 Å². The molecule has 0 radical (unpaired) electrons. The summed E-state index contributed by atoms with van der Waals surface area (Å²) < 4.78 is 0. The van der Waals surface area contributed by atoms with E-state index in [9.17, 15) is 9.59 Å². The molecule has 0 bridgehead atoms. The zero-order valence-corrected chi connectivity index (χ0v) is 15.5. The number of carbonyl (C=O) groups is 2. The lowest BCUT2D eigenvalue weighted by Crippen LogP contribution is -2.46. The third-order valence-electron chi connectivity index (χ3n) is 5.33. The van der Waals surface area contributed by atoms with Gasteiger partial charge in [-0.25, -0.2) is 0 Å². The number of amides is 1. The number of carbonyl (C=O) groups excluding carboxylic acids is 2. The van der Waals surface area contributed by atoms with Crippen molar-refractivity contribution in [1.29, 1.82) is 0 Å². The second-order valence-corrected chi connectivity index (χ2v) is 7.98. The molecule has 2 aromatic carbocycles. The van der Waals surface area contributed by atoms with E-state index >= 15 is 0 Å². The van der Waals surface area contributed by atoms with Crippen LogP contribution in [0.2, 0.25) is 10.0 Å². The minimum atomic E-state index is -0.892. The van der Waals surface area contributed by atoms with Crippen LogP contribution in [-0.2, 0) is 16.0 Å². The number of rotatable bonds is 3. The largest absolute Gasteiger partial charge is 0.327 e. The van der Waals surface area contributed by atoms with Crippen LogP contribution in [0.3, 0.4) is 0 Å². The maximum atomic E-state index is 13.5. The molecule has 4 nitrogen and oxygen atoms in total. The summed E-state index contributed by atoms with van der Waals surface area (Å²) in [6.07, 6.45) is 0.939. The second-order valence-electron chi connectivity index (χ2n) is 7.11. The molecular formula is C20H18Cl2N2O2. The summed E-state index contributed by atoms with van der Waals surface area (Å²) in [5.41, 5.74) is 6.80. The second kappa shape index (κ2) is 6.38. The van der Waals surface area contributed by atoms with Crippen molar-refractivity contribution in [3.63, 3.8) is 0 Å². The highest BCUT2D eigenvalue weighted by molar-refractivity contribution is 6.35. The van der Waals surface area contributed by atoms with Gasteiger partial charge in [0.05, 0.1) is 0 Å². The lowest BCUT2D eigenvalue weighted by Gasteiger charge is -2.30. The van der Waals surface area contributed by atoms with E-state index in [0.717, 1.165) is 5.56 Å². The molecule has 2 aromatic rings. The number of Topliss-reactive ketones (excluding diaryl/α,β-unsaturated/α-hetero) is 1. The van der Waals surface area contributed by atoms with Crippen molar-refractivity contribution in [3.05, 3.63) is 69.7 Å². The van der Waals surface area contributed by atoms with Crippen molar-refractivity contribution < 1.29 is 9.59 Å². The molecule has 3 unspecified atom stereocenters. The molecule has 1 amide bonds. The molecule has 26 heavy (non-hydrogen) atoms. The van der Waals surface area contributed by atoms with E-state index in [-0.39, 0.29) is 17.7 Å². The first kappa shape index (κ1) is 17.5. The normalized spacial score (nSPS) is 27.9. The fraction of sp³-hybridized carbons (Fsp3) is 0.300. The summed E-state index contributed by atoms with van der Waals surface area (Å²) in [5.74, 6) is -1.20. The Hall–Kier alpha value is -1.88. The monoisotopic (exact) mass is 388 g/mol. The topological polar surface area (TPSA) is 63.4 Å². The fourth-order valence-electron chi connectivity index (χ4n) is 4.31. The van der Waals surface area contributed by atoms with Gasteiger partial charge in [-0.2, -0.15) is 0 Å². The third-order valence-corrected chi connectivity index (χ3v) is 5.76. The van der Waals surface area contributed by atoms with Gasteiger partial charge in [-0.3, -0.25) is 9.59 Å². The molecule has 2 fully saturated rings. The molecule has 2 N–H and O–H groups in total. The van der Waals surface area contributed by atoms with Crippen LogP contribution in [0, 0.1) is 0 Å². The molecule has 2 heterocycles. The highest BCUT2D eigenvalue weighted by Crippen LogP contribution is 2.45. The van der Waals surface area contributed by atoms with Gasteiger partial charge in [0.25, 0.3) is 0 Å². The van der Waals surface area contributed by atoms with Crippen molar-refractivity contribution in [3.8, 4) is 0 Å². The molecule has 0 aromatic heterocycles. The number of benzene rings is 2.